The van der Waals surface area contributed by atoms with Crippen LogP contribution in [0.2, 0.25) is 10.0 Å². The van der Waals surface area contributed by atoms with Gasteiger partial charge < -0.3 is 5.32 Å². The topological polar surface area (TPSA) is 118 Å². The first kappa shape index (κ1) is 21.6. The summed E-state index contributed by atoms with van der Waals surface area (Å²) in [5.41, 5.74) is -0.0205. The van der Waals surface area contributed by atoms with Gasteiger partial charge in [0, 0.05) is 27.9 Å². The summed E-state index contributed by atoms with van der Waals surface area (Å²) >= 11 is 11.9. The Balaban J connectivity index is 1.90. The second-order valence-corrected chi connectivity index (χ2v) is 8.57. The summed E-state index contributed by atoms with van der Waals surface area (Å²) in [6.07, 6.45) is 0. The van der Waals surface area contributed by atoms with Crippen molar-refractivity contribution in [1.82, 2.24) is 0 Å². The molecule has 154 valence electrons. The van der Waals surface area contributed by atoms with Gasteiger partial charge in [0.1, 0.15) is 0 Å². The number of non-ortho nitro benzene ring substituents is 1. The predicted octanol–water partition coefficient (Wildman–Crippen LogP) is 4.95. The molecule has 0 unspecified atom stereocenters. The van der Waals surface area contributed by atoms with Gasteiger partial charge in [0.2, 0.25) is 0 Å². The van der Waals surface area contributed by atoms with Gasteiger partial charge in [-0.3, -0.25) is 19.6 Å². The lowest BCUT2D eigenvalue weighted by molar-refractivity contribution is -0.385. The lowest BCUT2D eigenvalue weighted by Crippen LogP contribution is -2.18. The van der Waals surface area contributed by atoms with Gasteiger partial charge in [0.15, 0.2) is 0 Å². The normalized spacial score (nSPS) is 11.0. The highest BCUT2D eigenvalue weighted by atomic mass is 35.5. The Hall–Kier alpha value is -3.14. The average molecular weight is 466 g/mol. The molecule has 0 radical (unpaired) electrons. The number of benzene rings is 3. The molecule has 0 saturated heterocycles. The van der Waals surface area contributed by atoms with Crippen LogP contribution in [0.15, 0.2) is 71.6 Å². The number of nitro groups is 1. The zero-order valence-corrected chi connectivity index (χ0v) is 17.3. The fourth-order valence-electron chi connectivity index (χ4n) is 2.56. The molecule has 0 aromatic heterocycles. The van der Waals surface area contributed by atoms with Crippen molar-refractivity contribution in [3.05, 3.63) is 92.5 Å². The molecule has 0 aliphatic heterocycles. The Labute approximate surface area is 181 Å². The molecule has 0 spiro atoms. The molecule has 0 aliphatic rings. The van der Waals surface area contributed by atoms with Gasteiger partial charge in [0.05, 0.1) is 21.1 Å². The van der Waals surface area contributed by atoms with Crippen molar-refractivity contribution in [3.8, 4) is 0 Å². The Morgan fingerprint density at radius 3 is 2.27 bits per heavy atom. The van der Waals surface area contributed by atoms with E-state index in [0.717, 1.165) is 6.07 Å². The fraction of sp³-hybridized carbons (Fsp3) is 0. The van der Waals surface area contributed by atoms with Crippen molar-refractivity contribution in [2.45, 2.75) is 4.90 Å². The summed E-state index contributed by atoms with van der Waals surface area (Å²) in [7, 11) is -4.19. The standard InChI is InChI=1S/C19H13Cl2N3O5S/c20-12-8-13(21)10-14(9-12)22-19(25)17-6-1-2-7-18(17)23-30(28,29)16-5-3-4-15(11-16)24(26)27/h1-11,23H,(H,22,25). The minimum atomic E-state index is -4.19. The lowest BCUT2D eigenvalue weighted by atomic mass is 10.1. The summed E-state index contributed by atoms with van der Waals surface area (Å²) in [5.74, 6) is -0.606. The molecule has 30 heavy (non-hydrogen) atoms. The molecular weight excluding hydrogens is 453 g/mol. The maximum atomic E-state index is 12.7. The van der Waals surface area contributed by atoms with Gasteiger partial charge in [-0.25, -0.2) is 8.42 Å². The molecule has 0 atom stereocenters. The highest BCUT2D eigenvalue weighted by molar-refractivity contribution is 7.92. The first-order valence-corrected chi connectivity index (χ1v) is 10.5. The quantitative estimate of drug-likeness (QED) is 0.394. The molecule has 0 bridgehead atoms. The number of carbonyl (C=O) groups excluding carboxylic acids is 1. The van der Waals surface area contributed by atoms with E-state index in [1.807, 2.05) is 0 Å². The third kappa shape index (κ3) is 5.07. The molecule has 0 saturated carbocycles. The summed E-state index contributed by atoms with van der Waals surface area (Å²) in [6, 6.07) is 15.0. The van der Waals surface area contributed by atoms with Gasteiger partial charge >= 0.3 is 0 Å². The number of nitro benzene ring substituents is 1. The first-order chi connectivity index (χ1) is 14.2. The Morgan fingerprint density at radius 1 is 0.933 bits per heavy atom. The largest absolute Gasteiger partial charge is 0.322 e. The van der Waals surface area contributed by atoms with Crippen LogP contribution in [0, 0.1) is 10.1 Å². The number of hydrogen-bond acceptors (Lipinski definition) is 5. The van der Waals surface area contributed by atoms with E-state index in [9.17, 15) is 23.3 Å². The Kier molecular flexibility index (Phi) is 6.25. The van der Waals surface area contributed by atoms with E-state index in [1.165, 1.54) is 48.5 Å². The molecule has 2 N–H and O–H groups in total. The van der Waals surface area contributed by atoms with Crippen molar-refractivity contribution < 1.29 is 18.1 Å². The highest BCUT2D eigenvalue weighted by Gasteiger charge is 2.21. The van der Waals surface area contributed by atoms with Crippen molar-refractivity contribution in [3.63, 3.8) is 0 Å². The van der Waals surface area contributed by atoms with E-state index >= 15 is 0 Å². The van der Waals surface area contributed by atoms with Crippen LogP contribution >= 0.6 is 23.2 Å². The number of sulfonamides is 1. The SMILES string of the molecule is O=C(Nc1cc(Cl)cc(Cl)c1)c1ccccc1NS(=O)(=O)c1cccc([N+](=O)[O-])c1. The van der Waals surface area contributed by atoms with Crippen LogP contribution in [0.25, 0.3) is 0 Å². The number of carbonyl (C=O) groups is 1. The maximum Gasteiger partial charge on any atom is 0.270 e. The molecule has 3 aromatic carbocycles. The number of rotatable bonds is 6. The van der Waals surface area contributed by atoms with E-state index in [4.69, 9.17) is 23.2 Å². The van der Waals surface area contributed by atoms with Gasteiger partial charge in [-0.2, -0.15) is 0 Å². The second kappa shape index (κ2) is 8.70. The van der Waals surface area contributed by atoms with Crippen molar-refractivity contribution in [2.24, 2.45) is 0 Å². The predicted molar refractivity (Wildman–Crippen MR) is 115 cm³/mol. The zero-order chi connectivity index (χ0) is 21.9. The maximum absolute atomic E-state index is 12.7. The average Bonchev–Trinajstić information content (AvgIpc) is 2.67. The molecule has 11 heteroatoms. The van der Waals surface area contributed by atoms with Crippen LogP contribution < -0.4 is 10.0 Å². The van der Waals surface area contributed by atoms with Gasteiger partial charge in [-0.1, -0.05) is 41.4 Å². The van der Waals surface area contributed by atoms with Gasteiger partial charge in [-0.05, 0) is 36.4 Å². The molecule has 0 aliphatic carbocycles. The van der Waals surface area contributed by atoms with Crippen LogP contribution in [0.5, 0.6) is 0 Å². The zero-order valence-electron chi connectivity index (χ0n) is 15.0. The number of para-hydroxylation sites is 1. The summed E-state index contributed by atoms with van der Waals surface area (Å²) < 4.78 is 27.7. The van der Waals surface area contributed by atoms with Gasteiger partial charge in [0.25, 0.3) is 21.6 Å². The summed E-state index contributed by atoms with van der Waals surface area (Å²) in [5, 5.41) is 14.2. The minimum Gasteiger partial charge on any atom is -0.322 e. The smallest absolute Gasteiger partial charge is 0.270 e. The highest BCUT2D eigenvalue weighted by Crippen LogP contribution is 2.26. The fourth-order valence-corrected chi connectivity index (χ4v) is 4.21. The van der Waals surface area contributed by atoms with E-state index in [2.05, 4.69) is 10.0 Å². The van der Waals surface area contributed by atoms with Crippen LogP contribution in [0.3, 0.4) is 0 Å². The lowest BCUT2D eigenvalue weighted by Gasteiger charge is -2.13. The molecule has 0 fully saturated rings. The van der Waals surface area contributed by atoms with Crippen molar-refractivity contribution in [1.29, 1.82) is 0 Å². The molecule has 3 rings (SSSR count). The summed E-state index contributed by atoms with van der Waals surface area (Å²) in [4.78, 5) is 22.6. The number of nitrogens with zero attached hydrogens (tertiary/aromatic N) is 1. The molecule has 3 aromatic rings. The van der Waals surface area contributed by atoms with Crippen LogP contribution in [-0.2, 0) is 10.0 Å². The number of anilines is 2. The Bertz CT molecular complexity index is 1230. The molecule has 1 amide bonds. The number of hydrogen-bond donors (Lipinski definition) is 2. The third-order valence-electron chi connectivity index (χ3n) is 3.88. The van der Waals surface area contributed by atoms with Gasteiger partial charge in [-0.15, -0.1) is 0 Å². The number of amides is 1. The minimum absolute atomic E-state index is 0.00497. The van der Waals surface area contributed by atoms with Crippen LogP contribution in [-0.4, -0.2) is 19.2 Å². The van der Waals surface area contributed by atoms with Crippen LogP contribution in [0.4, 0.5) is 17.1 Å². The van der Waals surface area contributed by atoms with E-state index < -0.39 is 20.9 Å². The molecule has 0 heterocycles. The van der Waals surface area contributed by atoms with E-state index in [1.54, 1.807) is 12.1 Å². The molecular formula is C19H13Cl2N3O5S. The van der Waals surface area contributed by atoms with Crippen LogP contribution in [0.1, 0.15) is 10.4 Å². The van der Waals surface area contributed by atoms with E-state index in [0.29, 0.717) is 15.7 Å². The second-order valence-electron chi connectivity index (χ2n) is 6.02. The summed E-state index contributed by atoms with van der Waals surface area (Å²) in [6.45, 7) is 0. The monoisotopic (exact) mass is 465 g/mol. The van der Waals surface area contributed by atoms with Crippen molar-refractivity contribution >= 4 is 56.2 Å². The molecule has 8 nitrogen and oxygen atoms in total. The number of halogens is 2. The van der Waals surface area contributed by atoms with Crippen molar-refractivity contribution in [2.75, 3.05) is 10.0 Å². The van der Waals surface area contributed by atoms with E-state index in [-0.39, 0.29) is 21.8 Å². The first-order valence-electron chi connectivity index (χ1n) is 8.29. The Morgan fingerprint density at radius 2 is 1.60 bits per heavy atom. The number of nitrogens with one attached hydrogen (secondary N) is 2. The third-order valence-corrected chi connectivity index (χ3v) is 5.67.